The molecule has 2 nitrogen and oxygen atoms in total. The van der Waals surface area contributed by atoms with Crippen molar-refractivity contribution in [3.63, 3.8) is 0 Å². The number of aryl methyl sites for hydroxylation is 1. The normalized spacial score (nSPS) is 15.6. The van der Waals surface area contributed by atoms with Crippen LogP contribution in [-0.4, -0.2) is 12.4 Å². The monoisotopic (exact) mass is 248 g/mol. The minimum absolute atomic E-state index is 0.793. The van der Waals surface area contributed by atoms with Crippen molar-refractivity contribution in [3.8, 4) is 0 Å². The zero-order valence-electron chi connectivity index (χ0n) is 10.5. The Balaban J connectivity index is 2.26. The fourth-order valence-corrected chi connectivity index (χ4v) is 2.16. The SMILES string of the molecule is CC1=NC(Cc2ccc(Cl)cc2C)=C(C)CN1. The van der Waals surface area contributed by atoms with Crippen LogP contribution < -0.4 is 5.32 Å². The zero-order valence-corrected chi connectivity index (χ0v) is 11.2. The highest BCUT2D eigenvalue weighted by atomic mass is 35.5. The molecule has 1 N–H and O–H groups in total. The van der Waals surface area contributed by atoms with Gasteiger partial charge in [-0.2, -0.15) is 0 Å². The lowest BCUT2D eigenvalue weighted by Crippen LogP contribution is -2.27. The van der Waals surface area contributed by atoms with Gasteiger partial charge in [0.25, 0.3) is 0 Å². The first kappa shape index (κ1) is 12.2. The largest absolute Gasteiger partial charge is 0.370 e. The molecule has 17 heavy (non-hydrogen) atoms. The maximum Gasteiger partial charge on any atom is 0.0989 e. The molecule has 0 saturated carbocycles. The van der Waals surface area contributed by atoms with Crippen LogP contribution in [-0.2, 0) is 6.42 Å². The molecular formula is C14H17ClN2. The lowest BCUT2D eigenvalue weighted by molar-refractivity contribution is 0.885. The molecule has 1 heterocycles. The van der Waals surface area contributed by atoms with Crippen molar-refractivity contribution >= 4 is 17.4 Å². The van der Waals surface area contributed by atoms with Gasteiger partial charge in [0.2, 0.25) is 0 Å². The zero-order chi connectivity index (χ0) is 12.4. The number of aliphatic imine (C=N–C) groups is 1. The Morgan fingerprint density at radius 1 is 1.29 bits per heavy atom. The lowest BCUT2D eigenvalue weighted by Gasteiger charge is -2.17. The first-order valence-corrected chi connectivity index (χ1v) is 6.17. The summed E-state index contributed by atoms with van der Waals surface area (Å²) in [5, 5.41) is 4.04. The molecule has 0 aliphatic carbocycles. The summed E-state index contributed by atoms with van der Waals surface area (Å²) >= 11 is 5.96. The smallest absolute Gasteiger partial charge is 0.0989 e. The van der Waals surface area contributed by atoms with Gasteiger partial charge in [-0.3, -0.25) is 0 Å². The van der Waals surface area contributed by atoms with Gasteiger partial charge in [-0.05, 0) is 49.6 Å². The summed E-state index contributed by atoms with van der Waals surface area (Å²) in [5.41, 5.74) is 5.00. The molecule has 3 heteroatoms. The van der Waals surface area contributed by atoms with Gasteiger partial charge in [-0.25, -0.2) is 4.99 Å². The van der Waals surface area contributed by atoms with E-state index in [-0.39, 0.29) is 0 Å². The first-order chi connectivity index (χ1) is 8.06. The Hall–Kier alpha value is -1.28. The number of benzene rings is 1. The molecule has 90 valence electrons. The second-order valence-electron chi connectivity index (χ2n) is 4.53. The van der Waals surface area contributed by atoms with E-state index < -0.39 is 0 Å². The van der Waals surface area contributed by atoms with Crippen molar-refractivity contribution in [2.24, 2.45) is 4.99 Å². The van der Waals surface area contributed by atoms with Gasteiger partial charge in [0, 0.05) is 23.7 Å². The van der Waals surface area contributed by atoms with Crippen LogP contribution in [0.1, 0.15) is 25.0 Å². The molecule has 1 aliphatic heterocycles. The van der Waals surface area contributed by atoms with Crippen LogP contribution >= 0.6 is 11.6 Å². The summed E-state index contributed by atoms with van der Waals surface area (Å²) in [4.78, 5) is 4.57. The number of hydrogen-bond donors (Lipinski definition) is 1. The third-order valence-corrected chi connectivity index (χ3v) is 3.30. The fourth-order valence-electron chi connectivity index (χ4n) is 1.93. The predicted molar refractivity (Wildman–Crippen MR) is 73.7 cm³/mol. The standard InChI is InChI=1S/C14H17ClN2/c1-9-6-13(15)5-4-12(9)7-14-10(2)8-16-11(3)17-14/h4-6H,7-8H2,1-3H3,(H,16,17). The summed E-state index contributed by atoms with van der Waals surface area (Å²) in [7, 11) is 0. The molecule has 0 fully saturated rings. The fraction of sp³-hybridized carbons (Fsp3) is 0.357. The summed E-state index contributed by atoms with van der Waals surface area (Å²) in [5.74, 6) is 0.997. The van der Waals surface area contributed by atoms with Crippen molar-refractivity contribution in [3.05, 3.63) is 45.6 Å². The van der Waals surface area contributed by atoms with Crippen LogP contribution in [0, 0.1) is 6.92 Å². The predicted octanol–water partition coefficient (Wildman–Crippen LogP) is 3.49. The molecule has 0 spiro atoms. The lowest BCUT2D eigenvalue weighted by atomic mass is 10.0. The maximum absolute atomic E-state index is 5.96. The Kier molecular flexibility index (Phi) is 3.53. The summed E-state index contributed by atoms with van der Waals surface area (Å²) in [6, 6.07) is 6.03. The molecule has 0 atom stereocenters. The van der Waals surface area contributed by atoms with Crippen molar-refractivity contribution < 1.29 is 0 Å². The Bertz CT molecular complexity index is 501. The third-order valence-electron chi connectivity index (χ3n) is 3.07. The second kappa shape index (κ2) is 4.92. The van der Waals surface area contributed by atoms with Crippen LogP contribution in [0.3, 0.4) is 0 Å². The Morgan fingerprint density at radius 3 is 2.76 bits per heavy atom. The molecule has 0 amide bonds. The van der Waals surface area contributed by atoms with Crippen LogP contribution in [0.4, 0.5) is 0 Å². The van der Waals surface area contributed by atoms with Gasteiger partial charge in [0.15, 0.2) is 0 Å². The number of rotatable bonds is 2. The van der Waals surface area contributed by atoms with E-state index in [0.717, 1.165) is 23.8 Å². The quantitative estimate of drug-likeness (QED) is 0.851. The molecule has 0 aromatic heterocycles. The summed E-state index contributed by atoms with van der Waals surface area (Å²) in [6.45, 7) is 7.12. The molecule has 1 aromatic rings. The molecule has 0 radical (unpaired) electrons. The van der Waals surface area contributed by atoms with Gasteiger partial charge in [0.05, 0.1) is 5.84 Å². The maximum atomic E-state index is 5.96. The molecule has 0 bridgehead atoms. The minimum Gasteiger partial charge on any atom is -0.370 e. The molecule has 1 aliphatic rings. The Labute approximate surface area is 107 Å². The number of hydrogen-bond acceptors (Lipinski definition) is 2. The van der Waals surface area contributed by atoms with Gasteiger partial charge in [-0.1, -0.05) is 17.7 Å². The van der Waals surface area contributed by atoms with Crippen LogP contribution in [0.2, 0.25) is 5.02 Å². The van der Waals surface area contributed by atoms with Gasteiger partial charge >= 0.3 is 0 Å². The van der Waals surface area contributed by atoms with E-state index in [4.69, 9.17) is 11.6 Å². The Morgan fingerprint density at radius 2 is 2.06 bits per heavy atom. The second-order valence-corrected chi connectivity index (χ2v) is 4.96. The van der Waals surface area contributed by atoms with Gasteiger partial charge < -0.3 is 5.32 Å². The van der Waals surface area contributed by atoms with E-state index >= 15 is 0 Å². The van der Waals surface area contributed by atoms with Crippen molar-refractivity contribution in [1.29, 1.82) is 0 Å². The third kappa shape index (κ3) is 2.89. The van der Waals surface area contributed by atoms with Crippen LogP contribution in [0.15, 0.2) is 34.5 Å². The molecule has 0 unspecified atom stereocenters. The number of amidine groups is 1. The van der Waals surface area contributed by atoms with E-state index in [1.807, 2.05) is 19.1 Å². The topological polar surface area (TPSA) is 24.4 Å². The van der Waals surface area contributed by atoms with Crippen LogP contribution in [0.25, 0.3) is 0 Å². The van der Waals surface area contributed by atoms with E-state index in [2.05, 4.69) is 30.2 Å². The molecule has 1 aromatic carbocycles. The first-order valence-electron chi connectivity index (χ1n) is 5.79. The summed E-state index contributed by atoms with van der Waals surface area (Å²) in [6.07, 6.45) is 0.883. The number of allylic oxidation sites excluding steroid dienone is 1. The minimum atomic E-state index is 0.793. The van der Waals surface area contributed by atoms with Gasteiger partial charge in [0.1, 0.15) is 0 Å². The van der Waals surface area contributed by atoms with Crippen LogP contribution in [0.5, 0.6) is 0 Å². The van der Waals surface area contributed by atoms with E-state index in [1.165, 1.54) is 22.4 Å². The van der Waals surface area contributed by atoms with Crippen molar-refractivity contribution in [2.75, 3.05) is 6.54 Å². The highest BCUT2D eigenvalue weighted by molar-refractivity contribution is 6.30. The highest BCUT2D eigenvalue weighted by Gasteiger charge is 2.10. The van der Waals surface area contributed by atoms with Crippen molar-refractivity contribution in [1.82, 2.24) is 5.32 Å². The molecule has 0 saturated heterocycles. The number of halogens is 1. The van der Waals surface area contributed by atoms with E-state index in [0.29, 0.717) is 0 Å². The highest BCUT2D eigenvalue weighted by Crippen LogP contribution is 2.21. The average molecular weight is 249 g/mol. The number of nitrogens with zero attached hydrogens (tertiary/aromatic N) is 1. The average Bonchev–Trinajstić information content (AvgIpc) is 2.27. The summed E-state index contributed by atoms with van der Waals surface area (Å²) < 4.78 is 0. The van der Waals surface area contributed by atoms with E-state index in [1.54, 1.807) is 0 Å². The number of nitrogens with one attached hydrogen (secondary N) is 1. The molecule has 2 rings (SSSR count). The molecular weight excluding hydrogens is 232 g/mol. The van der Waals surface area contributed by atoms with E-state index in [9.17, 15) is 0 Å². The van der Waals surface area contributed by atoms with Crippen molar-refractivity contribution in [2.45, 2.75) is 27.2 Å². The van der Waals surface area contributed by atoms with Gasteiger partial charge in [-0.15, -0.1) is 0 Å².